The monoisotopic (exact) mass is 199 g/mol. The molecule has 1 N–H and O–H groups in total. The average Bonchev–Trinajstić information content (AvgIpc) is 2.52. The molecule has 0 saturated heterocycles. The molecule has 3 nitrogen and oxygen atoms in total. The van der Waals surface area contributed by atoms with E-state index in [-0.39, 0.29) is 5.69 Å². The molecule has 0 aromatic carbocycles. The maximum Gasteiger partial charge on any atom is 0.355 e. The number of rotatable bonds is 4. The highest BCUT2D eigenvalue weighted by Gasteiger charge is 2.17. The van der Waals surface area contributed by atoms with Gasteiger partial charge in [0.15, 0.2) is 5.69 Å². The highest BCUT2D eigenvalue weighted by molar-refractivity contribution is 7.10. The maximum atomic E-state index is 10.7. The number of carboxylic acids is 1. The van der Waals surface area contributed by atoms with Gasteiger partial charge in [-0.1, -0.05) is 20.3 Å². The molecule has 0 aliphatic heterocycles. The second-order valence-corrected chi connectivity index (χ2v) is 3.95. The van der Waals surface area contributed by atoms with Crippen molar-refractivity contribution >= 4 is 17.3 Å². The molecule has 0 aliphatic rings. The summed E-state index contributed by atoms with van der Waals surface area (Å²) in [4.78, 5) is 15.5. The van der Waals surface area contributed by atoms with Crippen molar-refractivity contribution in [3.05, 3.63) is 16.1 Å². The number of aromatic nitrogens is 1. The first-order chi connectivity index (χ1) is 6.16. The van der Waals surface area contributed by atoms with Gasteiger partial charge in [0.1, 0.15) is 0 Å². The molecule has 0 bridgehead atoms. The van der Waals surface area contributed by atoms with Crippen molar-refractivity contribution in [3.8, 4) is 0 Å². The summed E-state index contributed by atoms with van der Waals surface area (Å²) < 4.78 is 0. The lowest BCUT2D eigenvalue weighted by Crippen LogP contribution is -2.03. The van der Waals surface area contributed by atoms with E-state index in [0.717, 1.165) is 17.7 Å². The van der Waals surface area contributed by atoms with Gasteiger partial charge in [-0.25, -0.2) is 9.78 Å². The molecule has 0 fully saturated rings. The number of carbonyl (C=O) groups is 1. The van der Waals surface area contributed by atoms with Crippen LogP contribution in [0.3, 0.4) is 0 Å². The van der Waals surface area contributed by atoms with E-state index >= 15 is 0 Å². The van der Waals surface area contributed by atoms with E-state index in [1.165, 1.54) is 11.3 Å². The summed E-state index contributed by atoms with van der Waals surface area (Å²) in [6.45, 7) is 4.14. The van der Waals surface area contributed by atoms with Gasteiger partial charge >= 0.3 is 5.97 Å². The number of hydrogen-bond donors (Lipinski definition) is 1. The van der Waals surface area contributed by atoms with Crippen molar-refractivity contribution in [2.24, 2.45) is 0 Å². The molecule has 0 spiro atoms. The van der Waals surface area contributed by atoms with Crippen LogP contribution < -0.4 is 0 Å². The lowest BCUT2D eigenvalue weighted by molar-refractivity contribution is 0.0689. The Morgan fingerprint density at radius 2 is 2.46 bits per heavy atom. The summed E-state index contributed by atoms with van der Waals surface area (Å²) in [5, 5.41) is 8.82. The number of nitrogens with zero attached hydrogens (tertiary/aromatic N) is 1. The molecule has 0 aliphatic carbocycles. The van der Waals surface area contributed by atoms with Crippen LogP contribution in [-0.2, 0) is 0 Å². The van der Waals surface area contributed by atoms with Crippen molar-refractivity contribution < 1.29 is 9.90 Å². The molecule has 0 radical (unpaired) electrons. The lowest BCUT2D eigenvalue weighted by Gasteiger charge is -2.07. The van der Waals surface area contributed by atoms with E-state index in [1.54, 1.807) is 5.51 Å². The topological polar surface area (TPSA) is 50.2 Å². The molecule has 1 atom stereocenters. The average molecular weight is 199 g/mol. The molecule has 1 unspecified atom stereocenters. The largest absolute Gasteiger partial charge is 0.476 e. The van der Waals surface area contributed by atoms with Crippen LogP contribution in [0.4, 0.5) is 0 Å². The van der Waals surface area contributed by atoms with E-state index in [9.17, 15) is 4.79 Å². The first-order valence-corrected chi connectivity index (χ1v) is 5.21. The fourth-order valence-electron chi connectivity index (χ4n) is 1.33. The van der Waals surface area contributed by atoms with Crippen LogP contribution in [-0.4, -0.2) is 16.1 Å². The molecule has 1 rings (SSSR count). The fraction of sp³-hybridized carbons (Fsp3) is 0.556. The Balaban J connectivity index is 2.86. The van der Waals surface area contributed by atoms with Crippen LogP contribution in [0, 0.1) is 0 Å². The molecule has 72 valence electrons. The smallest absolute Gasteiger partial charge is 0.355 e. The standard InChI is InChI=1S/C9H13NO2S/c1-3-4-6(2)8-7(9(11)12)10-5-13-8/h5-6H,3-4H2,1-2H3,(H,11,12). The van der Waals surface area contributed by atoms with Crippen molar-refractivity contribution in [1.29, 1.82) is 0 Å². The molecular weight excluding hydrogens is 186 g/mol. The predicted octanol–water partition coefficient (Wildman–Crippen LogP) is 2.74. The highest BCUT2D eigenvalue weighted by atomic mass is 32.1. The van der Waals surface area contributed by atoms with Gasteiger partial charge in [-0.2, -0.15) is 0 Å². The summed E-state index contributed by atoms with van der Waals surface area (Å²) in [5.41, 5.74) is 1.83. The van der Waals surface area contributed by atoms with Gasteiger partial charge in [0.05, 0.1) is 5.51 Å². The van der Waals surface area contributed by atoms with Gasteiger partial charge in [0, 0.05) is 4.88 Å². The quantitative estimate of drug-likeness (QED) is 0.811. The van der Waals surface area contributed by atoms with Crippen LogP contribution in [0.15, 0.2) is 5.51 Å². The zero-order chi connectivity index (χ0) is 9.84. The van der Waals surface area contributed by atoms with Crippen LogP contribution in [0.25, 0.3) is 0 Å². The first kappa shape index (κ1) is 10.2. The number of aromatic carboxylic acids is 1. The summed E-state index contributed by atoms with van der Waals surface area (Å²) in [6.07, 6.45) is 2.08. The normalized spacial score (nSPS) is 12.8. The minimum atomic E-state index is -0.917. The Bertz CT molecular complexity index is 296. The Morgan fingerprint density at radius 1 is 1.77 bits per heavy atom. The molecule has 1 aromatic heterocycles. The van der Waals surface area contributed by atoms with Crippen molar-refractivity contribution in [1.82, 2.24) is 4.98 Å². The molecule has 13 heavy (non-hydrogen) atoms. The third kappa shape index (κ3) is 2.28. The van der Waals surface area contributed by atoms with E-state index in [4.69, 9.17) is 5.11 Å². The van der Waals surface area contributed by atoms with Crippen LogP contribution in [0.1, 0.15) is 48.0 Å². The molecule has 0 saturated carbocycles. The van der Waals surface area contributed by atoms with Gasteiger partial charge < -0.3 is 5.11 Å². The Labute approximate surface area is 81.4 Å². The van der Waals surface area contributed by atoms with Crippen molar-refractivity contribution in [2.75, 3.05) is 0 Å². The van der Waals surface area contributed by atoms with Gasteiger partial charge in [0.2, 0.25) is 0 Å². The van der Waals surface area contributed by atoms with Crippen LogP contribution in [0.2, 0.25) is 0 Å². The molecular formula is C9H13NO2S. The number of carboxylic acid groups (broad SMARTS) is 1. The predicted molar refractivity (Wildman–Crippen MR) is 52.4 cm³/mol. The van der Waals surface area contributed by atoms with E-state index < -0.39 is 5.97 Å². The minimum Gasteiger partial charge on any atom is -0.476 e. The molecule has 0 amide bonds. The van der Waals surface area contributed by atoms with Gasteiger partial charge in [-0.3, -0.25) is 0 Å². The number of thiazole rings is 1. The SMILES string of the molecule is CCCC(C)c1scnc1C(=O)O. The summed E-state index contributed by atoms with van der Waals surface area (Å²) >= 11 is 1.43. The van der Waals surface area contributed by atoms with Crippen LogP contribution >= 0.6 is 11.3 Å². The van der Waals surface area contributed by atoms with Gasteiger partial charge in [0.25, 0.3) is 0 Å². The maximum absolute atomic E-state index is 10.7. The molecule has 1 heterocycles. The Hall–Kier alpha value is -0.900. The lowest BCUT2D eigenvalue weighted by atomic mass is 10.0. The minimum absolute atomic E-state index is 0.228. The molecule has 1 aromatic rings. The van der Waals surface area contributed by atoms with E-state index in [1.807, 2.05) is 6.92 Å². The van der Waals surface area contributed by atoms with E-state index in [0.29, 0.717) is 5.92 Å². The second-order valence-electron chi connectivity index (χ2n) is 3.06. The van der Waals surface area contributed by atoms with Crippen LogP contribution in [0.5, 0.6) is 0 Å². The zero-order valence-electron chi connectivity index (χ0n) is 7.78. The summed E-state index contributed by atoms with van der Waals surface area (Å²) in [7, 11) is 0. The zero-order valence-corrected chi connectivity index (χ0v) is 8.60. The van der Waals surface area contributed by atoms with Crippen molar-refractivity contribution in [3.63, 3.8) is 0 Å². The third-order valence-corrected chi connectivity index (χ3v) is 3.03. The highest BCUT2D eigenvalue weighted by Crippen LogP contribution is 2.27. The number of hydrogen-bond acceptors (Lipinski definition) is 3. The summed E-state index contributed by atoms with van der Waals surface area (Å²) in [5.74, 6) is -0.609. The second kappa shape index (κ2) is 4.37. The van der Waals surface area contributed by atoms with Gasteiger partial charge in [-0.05, 0) is 12.3 Å². The fourth-order valence-corrected chi connectivity index (χ4v) is 2.20. The Morgan fingerprint density at radius 3 is 3.00 bits per heavy atom. The van der Waals surface area contributed by atoms with Gasteiger partial charge in [-0.15, -0.1) is 11.3 Å². The van der Waals surface area contributed by atoms with E-state index in [2.05, 4.69) is 11.9 Å². The first-order valence-electron chi connectivity index (χ1n) is 4.33. The Kier molecular flexibility index (Phi) is 3.42. The molecule has 4 heteroatoms. The third-order valence-electron chi connectivity index (χ3n) is 1.97. The summed E-state index contributed by atoms with van der Waals surface area (Å²) in [6, 6.07) is 0. The van der Waals surface area contributed by atoms with Crippen molar-refractivity contribution in [2.45, 2.75) is 32.6 Å².